The standard InChI is InChI=1S/C19H21FN4O3/c1-12(25)24-8-6-15(7-9-24)22-19-21-11-16(20)17(23-19)13-4-3-5-14(10-13)18(26)27-2/h3-5,10-11,15H,6-9H2,1-2H3,(H,21,22,23). The lowest BCUT2D eigenvalue weighted by Crippen LogP contribution is -2.41. The van der Waals surface area contributed by atoms with E-state index in [1.54, 1.807) is 30.0 Å². The first-order valence-corrected chi connectivity index (χ1v) is 8.71. The molecule has 2 heterocycles. The van der Waals surface area contributed by atoms with Crippen LogP contribution >= 0.6 is 0 Å². The molecule has 1 aliphatic rings. The van der Waals surface area contributed by atoms with Gasteiger partial charge in [0, 0.05) is 31.6 Å². The molecule has 27 heavy (non-hydrogen) atoms. The van der Waals surface area contributed by atoms with E-state index in [4.69, 9.17) is 4.74 Å². The average molecular weight is 372 g/mol. The maximum Gasteiger partial charge on any atom is 0.337 e. The summed E-state index contributed by atoms with van der Waals surface area (Å²) in [5.74, 6) is -0.689. The highest BCUT2D eigenvalue weighted by Crippen LogP contribution is 2.23. The van der Waals surface area contributed by atoms with Crippen molar-refractivity contribution in [3.05, 3.63) is 41.8 Å². The number of hydrogen-bond acceptors (Lipinski definition) is 6. The van der Waals surface area contributed by atoms with Crippen molar-refractivity contribution in [1.82, 2.24) is 14.9 Å². The largest absolute Gasteiger partial charge is 0.465 e. The lowest BCUT2D eigenvalue weighted by molar-refractivity contribution is -0.129. The SMILES string of the molecule is COC(=O)c1cccc(-c2nc(NC3CCN(C(C)=O)CC3)ncc2F)c1. The van der Waals surface area contributed by atoms with Crippen molar-refractivity contribution in [1.29, 1.82) is 0 Å². The zero-order valence-electron chi connectivity index (χ0n) is 15.2. The van der Waals surface area contributed by atoms with Crippen molar-refractivity contribution in [3.8, 4) is 11.3 Å². The zero-order valence-corrected chi connectivity index (χ0v) is 15.2. The van der Waals surface area contributed by atoms with Crippen LogP contribution in [0, 0.1) is 5.82 Å². The number of piperidine rings is 1. The Morgan fingerprint density at radius 1 is 1.30 bits per heavy atom. The normalized spacial score (nSPS) is 14.7. The van der Waals surface area contributed by atoms with Gasteiger partial charge in [-0.15, -0.1) is 0 Å². The Kier molecular flexibility index (Phi) is 5.63. The molecule has 1 aromatic heterocycles. The number of nitrogens with zero attached hydrogens (tertiary/aromatic N) is 3. The molecule has 0 atom stereocenters. The fourth-order valence-corrected chi connectivity index (χ4v) is 3.07. The van der Waals surface area contributed by atoms with Gasteiger partial charge in [-0.1, -0.05) is 12.1 Å². The summed E-state index contributed by atoms with van der Waals surface area (Å²) in [4.78, 5) is 33.2. The highest BCUT2D eigenvalue weighted by molar-refractivity contribution is 5.90. The maximum absolute atomic E-state index is 14.3. The molecule has 1 aliphatic heterocycles. The molecule has 2 aromatic rings. The summed E-state index contributed by atoms with van der Waals surface area (Å²) < 4.78 is 19.0. The zero-order chi connectivity index (χ0) is 19.4. The molecular formula is C19H21FN4O3. The molecule has 0 bridgehead atoms. The summed E-state index contributed by atoms with van der Waals surface area (Å²) in [6.07, 6.45) is 2.65. The summed E-state index contributed by atoms with van der Waals surface area (Å²) >= 11 is 0. The smallest absolute Gasteiger partial charge is 0.337 e. The van der Waals surface area contributed by atoms with Gasteiger partial charge in [0.2, 0.25) is 11.9 Å². The number of rotatable bonds is 4. The number of anilines is 1. The molecule has 8 heteroatoms. The number of nitrogens with one attached hydrogen (secondary N) is 1. The van der Waals surface area contributed by atoms with E-state index >= 15 is 0 Å². The first-order valence-electron chi connectivity index (χ1n) is 8.71. The maximum atomic E-state index is 14.3. The molecule has 1 fully saturated rings. The van der Waals surface area contributed by atoms with Crippen LogP contribution in [-0.4, -0.2) is 53.0 Å². The number of likely N-dealkylation sites (tertiary alicyclic amines) is 1. The third kappa shape index (κ3) is 4.39. The Hall–Kier alpha value is -3.03. The molecule has 1 aromatic carbocycles. The quantitative estimate of drug-likeness (QED) is 0.830. The predicted octanol–water partition coefficient (Wildman–Crippen LogP) is 2.49. The number of ether oxygens (including phenoxy) is 1. The molecule has 1 amide bonds. The van der Waals surface area contributed by atoms with E-state index in [9.17, 15) is 14.0 Å². The van der Waals surface area contributed by atoms with E-state index < -0.39 is 11.8 Å². The number of carbonyl (C=O) groups is 2. The topological polar surface area (TPSA) is 84.4 Å². The number of methoxy groups -OCH3 is 1. The molecule has 0 saturated carbocycles. The minimum atomic E-state index is -0.575. The van der Waals surface area contributed by atoms with Crippen molar-refractivity contribution >= 4 is 17.8 Å². The molecule has 1 saturated heterocycles. The van der Waals surface area contributed by atoms with Crippen molar-refractivity contribution in [2.45, 2.75) is 25.8 Å². The fraction of sp³-hybridized carbons (Fsp3) is 0.368. The van der Waals surface area contributed by atoms with Crippen LogP contribution in [-0.2, 0) is 9.53 Å². The van der Waals surface area contributed by atoms with E-state index in [-0.39, 0.29) is 17.6 Å². The highest BCUT2D eigenvalue weighted by Gasteiger charge is 2.21. The van der Waals surface area contributed by atoms with Crippen LogP contribution in [0.4, 0.5) is 10.3 Å². The second kappa shape index (κ2) is 8.11. The molecule has 0 radical (unpaired) electrons. The van der Waals surface area contributed by atoms with Crippen LogP contribution in [0.1, 0.15) is 30.1 Å². The van der Waals surface area contributed by atoms with E-state index in [2.05, 4.69) is 15.3 Å². The Balaban J connectivity index is 1.77. The molecule has 3 rings (SSSR count). The number of carbonyl (C=O) groups excluding carboxylic acids is 2. The van der Waals surface area contributed by atoms with Crippen LogP contribution < -0.4 is 5.32 Å². The summed E-state index contributed by atoms with van der Waals surface area (Å²) in [5, 5.41) is 3.21. The van der Waals surface area contributed by atoms with Crippen molar-refractivity contribution in [2.24, 2.45) is 0 Å². The summed E-state index contributed by atoms with van der Waals surface area (Å²) in [6.45, 7) is 2.90. The van der Waals surface area contributed by atoms with Crippen molar-refractivity contribution in [2.75, 3.05) is 25.5 Å². The van der Waals surface area contributed by atoms with Gasteiger partial charge in [0.25, 0.3) is 0 Å². The summed E-state index contributed by atoms with van der Waals surface area (Å²) in [5.41, 5.74) is 0.894. The van der Waals surface area contributed by atoms with Crippen LogP contribution in [0.25, 0.3) is 11.3 Å². The van der Waals surface area contributed by atoms with Gasteiger partial charge in [-0.3, -0.25) is 4.79 Å². The number of halogens is 1. The highest BCUT2D eigenvalue weighted by atomic mass is 19.1. The molecule has 0 spiro atoms. The molecule has 7 nitrogen and oxygen atoms in total. The van der Waals surface area contributed by atoms with E-state index in [0.717, 1.165) is 19.0 Å². The monoisotopic (exact) mass is 372 g/mol. The predicted molar refractivity (Wildman–Crippen MR) is 97.7 cm³/mol. The number of esters is 1. The third-order valence-electron chi connectivity index (χ3n) is 4.57. The van der Waals surface area contributed by atoms with Gasteiger partial charge in [0.15, 0.2) is 5.82 Å². The molecular weight excluding hydrogens is 351 g/mol. The van der Waals surface area contributed by atoms with Crippen molar-refractivity contribution < 1.29 is 18.7 Å². The average Bonchev–Trinajstić information content (AvgIpc) is 2.69. The lowest BCUT2D eigenvalue weighted by Gasteiger charge is -2.31. The molecule has 142 valence electrons. The number of aromatic nitrogens is 2. The van der Waals surface area contributed by atoms with E-state index in [0.29, 0.717) is 30.2 Å². The number of amides is 1. The first-order chi connectivity index (χ1) is 13.0. The Bertz CT molecular complexity index is 851. The minimum absolute atomic E-state index is 0.0688. The lowest BCUT2D eigenvalue weighted by atomic mass is 10.1. The van der Waals surface area contributed by atoms with E-state index in [1.807, 2.05) is 0 Å². The van der Waals surface area contributed by atoms with Gasteiger partial charge in [-0.2, -0.15) is 0 Å². The second-order valence-electron chi connectivity index (χ2n) is 6.39. The van der Waals surface area contributed by atoms with Crippen LogP contribution in [0.5, 0.6) is 0 Å². The molecule has 0 aliphatic carbocycles. The fourth-order valence-electron chi connectivity index (χ4n) is 3.07. The summed E-state index contributed by atoms with van der Waals surface area (Å²) in [6, 6.07) is 6.56. The Labute approximate surface area is 156 Å². The summed E-state index contributed by atoms with van der Waals surface area (Å²) in [7, 11) is 1.29. The van der Waals surface area contributed by atoms with Gasteiger partial charge in [-0.25, -0.2) is 19.2 Å². The molecule has 1 N–H and O–H groups in total. The van der Waals surface area contributed by atoms with Gasteiger partial charge in [0.05, 0.1) is 18.9 Å². The third-order valence-corrected chi connectivity index (χ3v) is 4.57. The van der Waals surface area contributed by atoms with Crippen LogP contribution in [0.3, 0.4) is 0 Å². The Morgan fingerprint density at radius 3 is 2.70 bits per heavy atom. The van der Waals surface area contributed by atoms with E-state index in [1.165, 1.54) is 13.2 Å². The van der Waals surface area contributed by atoms with Gasteiger partial charge < -0.3 is 15.0 Å². The number of benzene rings is 1. The van der Waals surface area contributed by atoms with Gasteiger partial charge in [0.1, 0.15) is 5.69 Å². The van der Waals surface area contributed by atoms with Crippen LogP contribution in [0.15, 0.2) is 30.5 Å². The number of hydrogen-bond donors (Lipinski definition) is 1. The first kappa shape index (κ1) is 18.8. The second-order valence-corrected chi connectivity index (χ2v) is 6.39. The van der Waals surface area contributed by atoms with Gasteiger partial charge in [-0.05, 0) is 25.0 Å². The van der Waals surface area contributed by atoms with Gasteiger partial charge >= 0.3 is 5.97 Å². The molecule has 0 unspecified atom stereocenters. The van der Waals surface area contributed by atoms with Crippen LogP contribution in [0.2, 0.25) is 0 Å². The van der Waals surface area contributed by atoms with Crippen molar-refractivity contribution in [3.63, 3.8) is 0 Å². The Morgan fingerprint density at radius 2 is 2.04 bits per heavy atom. The minimum Gasteiger partial charge on any atom is -0.465 e.